The molecular weight excluding hydrogens is 250 g/mol. The number of ether oxygens (including phenoxy) is 1. The monoisotopic (exact) mass is 267 g/mol. The quantitative estimate of drug-likeness (QED) is 0.874. The minimum atomic E-state index is -2.88. The molecule has 2 N–H and O–H groups in total. The second-order valence-electron chi connectivity index (χ2n) is 5.15. The Morgan fingerprint density at radius 2 is 2.11 bits per heavy atom. The van der Waals surface area contributed by atoms with E-state index in [4.69, 9.17) is 10.5 Å². The highest BCUT2D eigenvalue weighted by Crippen LogP contribution is 2.32. The smallest absolute Gasteiger partial charge is 0.154 e. The SMILES string of the molecule is N[C@H]1CCc2cc(OC3CCS(=O)(=O)C3)ccc21. The van der Waals surface area contributed by atoms with E-state index in [2.05, 4.69) is 0 Å². The summed E-state index contributed by atoms with van der Waals surface area (Å²) in [6.45, 7) is 0. The van der Waals surface area contributed by atoms with Crippen LogP contribution in [0.3, 0.4) is 0 Å². The Balaban J connectivity index is 1.75. The van der Waals surface area contributed by atoms with E-state index in [9.17, 15) is 8.42 Å². The Morgan fingerprint density at radius 1 is 1.28 bits per heavy atom. The number of benzene rings is 1. The number of sulfone groups is 1. The van der Waals surface area contributed by atoms with Crippen molar-refractivity contribution in [2.75, 3.05) is 11.5 Å². The standard InChI is InChI=1S/C13H17NO3S/c14-13-4-1-9-7-10(2-3-12(9)13)17-11-5-6-18(15,16)8-11/h2-3,7,11,13H,1,4-6,8,14H2/t11?,13-/m0/s1. The van der Waals surface area contributed by atoms with E-state index < -0.39 is 9.84 Å². The second kappa shape index (κ2) is 4.24. The fourth-order valence-corrected chi connectivity index (χ4v) is 4.34. The highest BCUT2D eigenvalue weighted by atomic mass is 32.2. The van der Waals surface area contributed by atoms with Gasteiger partial charge in [0.05, 0.1) is 11.5 Å². The summed E-state index contributed by atoms with van der Waals surface area (Å²) in [5.74, 6) is 1.15. The minimum Gasteiger partial charge on any atom is -0.489 e. The third kappa shape index (κ3) is 2.24. The van der Waals surface area contributed by atoms with Crippen LogP contribution in [0, 0.1) is 0 Å². The second-order valence-corrected chi connectivity index (χ2v) is 7.38. The maximum Gasteiger partial charge on any atom is 0.154 e. The predicted octanol–water partition coefficient (Wildman–Crippen LogP) is 1.20. The summed E-state index contributed by atoms with van der Waals surface area (Å²) >= 11 is 0. The molecule has 18 heavy (non-hydrogen) atoms. The van der Waals surface area contributed by atoms with E-state index in [1.165, 1.54) is 11.1 Å². The molecule has 4 nitrogen and oxygen atoms in total. The molecule has 0 radical (unpaired) electrons. The highest BCUT2D eigenvalue weighted by Gasteiger charge is 2.29. The van der Waals surface area contributed by atoms with Crippen LogP contribution < -0.4 is 10.5 Å². The van der Waals surface area contributed by atoms with Crippen molar-refractivity contribution in [2.45, 2.75) is 31.4 Å². The lowest BCUT2D eigenvalue weighted by Crippen LogP contribution is -2.17. The van der Waals surface area contributed by atoms with Crippen LogP contribution in [0.25, 0.3) is 0 Å². The molecule has 1 aliphatic carbocycles. The summed E-state index contributed by atoms with van der Waals surface area (Å²) in [4.78, 5) is 0. The molecule has 5 heteroatoms. The van der Waals surface area contributed by atoms with Gasteiger partial charge in [-0.25, -0.2) is 8.42 Å². The molecule has 1 aromatic carbocycles. The fourth-order valence-electron chi connectivity index (χ4n) is 2.75. The summed E-state index contributed by atoms with van der Waals surface area (Å²) in [5, 5.41) is 0. The number of aryl methyl sites for hydroxylation is 1. The van der Waals surface area contributed by atoms with Crippen LogP contribution in [0.2, 0.25) is 0 Å². The van der Waals surface area contributed by atoms with Crippen LogP contribution in [-0.4, -0.2) is 26.0 Å². The van der Waals surface area contributed by atoms with Crippen molar-refractivity contribution in [3.63, 3.8) is 0 Å². The van der Waals surface area contributed by atoms with Crippen molar-refractivity contribution < 1.29 is 13.2 Å². The number of hydrogen-bond acceptors (Lipinski definition) is 4. The molecule has 1 saturated heterocycles. The summed E-state index contributed by atoms with van der Waals surface area (Å²) in [6, 6.07) is 6.05. The largest absolute Gasteiger partial charge is 0.489 e. The first kappa shape index (κ1) is 12.0. The third-order valence-corrected chi connectivity index (χ3v) is 5.47. The van der Waals surface area contributed by atoms with Gasteiger partial charge < -0.3 is 10.5 Å². The van der Waals surface area contributed by atoms with E-state index in [1.54, 1.807) is 0 Å². The lowest BCUT2D eigenvalue weighted by molar-refractivity contribution is 0.228. The molecule has 98 valence electrons. The van der Waals surface area contributed by atoms with Gasteiger partial charge in [0.2, 0.25) is 0 Å². The zero-order chi connectivity index (χ0) is 12.8. The summed E-state index contributed by atoms with van der Waals surface area (Å²) in [5.41, 5.74) is 8.41. The van der Waals surface area contributed by atoms with E-state index in [1.807, 2.05) is 18.2 Å². The van der Waals surface area contributed by atoms with Gasteiger partial charge in [0.1, 0.15) is 11.9 Å². The lowest BCUT2D eigenvalue weighted by atomic mass is 10.1. The number of nitrogens with two attached hydrogens (primary N) is 1. The van der Waals surface area contributed by atoms with Crippen molar-refractivity contribution in [1.29, 1.82) is 0 Å². The Hall–Kier alpha value is -1.07. The average Bonchev–Trinajstić information content (AvgIpc) is 2.83. The van der Waals surface area contributed by atoms with Gasteiger partial charge in [-0.15, -0.1) is 0 Å². The van der Waals surface area contributed by atoms with E-state index in [0.717, 1.165) is 18.6 Å². The maximum atomic E-state index is 11.4. The molecule has 1 aliphatic heterocycles. The molecule has 3 rings (SSSR count). The molecule has 0 spiro atoms. The molecule has 0 bridgehead atoms. The first-order chi connectivity index (χ1) is 8.53. The molecule has 1 fully saturated rings. The van der Waals surface area contributed by atoms with E-state index >= 15 is 0 Å². The Bertz CT molecular complexity index is 568. The molecular formula is C13H17NO3S. The summed E-state index contributed by atoms with van der Waals surface area (Å²) < 4.78 is 28.5. The Morgan fingerprint density at radius 3 is 2.83 bits per heavy atom. The van der Waals surface area contributed by atoms with Gasteiger partial charge in [-0.05, 0) is 42.5 Å². The molecule has 0 aromatic heterocycles. The van der Waals surface area contributed by atoms with Crippen molar-refractivity contribution >= 4 is 9.84 Å². The molecule has 0 amide bonds. The minimum absolute atomic E-state index is 0.140. The number of fused-ring (bicyclic) bond motifs is 1. The molecule has 1 heterocycles. The third-order valence-electron chi connectivity index (χ3n) is 3.73. The van der Waals surface area contributed by atoms with Gasteiger partial charge >= 0.3 is 0 Å². The van der Waals surface area contributed by atoms with Crippen molar-refractivity contribution in [3.8, 4) is 5.75 Å². The molecule has 1 unspecified atom stereocenters. The van der Waals surface area contributed by atoms with Gasteiger partial charge in [-0.3, -0.25) is 0 Å². The van der Waals surface area contributed by atoms with Crippen LogP contribution in [-0.2, 0) is 16.3 Å². The topological polar surface area (TPSA) is 69.4 Å². The molecule has 1 aromatic rings. The Kier molecular flexibility index (Phi) is 2.83. The molecule has 2 atom stereocenters. The van der Waals surface area contributed by atoms with Crippen molar-refractivity contribution in [1.82, 2.24) is 0 Å². The van der Waals surface area contributed by atoms with Crippen LogP contribution in [0.5, 0.6) is 5.75 Å². The zero-order valence-electron chi connectivity index (χ0n) is 10.1. The lowest BCUT2D eigenvalue weighted by Gasteiger charge is -2.13. The van der Waals surface area contributed by atoms with Gasteiger partial charge in [-0.1, -0.05) is 6.07 Å². The van der Waals surface area contributed by atoms with E-state index in [0.29, 0.717) is 6.42 Å². The van der Waals surface area contributed by atoms with Crippen LogP contribution in [0.1, 0.15) is 30.0 Å². The zero-order valence-corrected chi connectivity index (χ0v) is 10.9. The van der Waals surface area contributed by atoms with E-state index in [-0.39, 0.29) is 23.7 Å². The number of hydrogen-bond donors (Lipinski definition) is 1. The van der Waals surface area contributed by atoms with Gasteiger partial charge in [0, 0.05) is 6.04 Å². The van der Waals surface area contributed by atoms with Crippen LogP contribution in [0.4, 0.5) is 0 Å². The number of rotatable bonds is 2. The van der Waals surface area contributed by atoms with Crippen LogP contribution >= 0.6 is 0 Å². The van der Waals surface area contributed by atoms with Gasteiger partial charge in [0.15, 0.2) is 9.84 Å². The molecule has 2 aliphatic rings. The Labute approximate surface area is 107 Å². The normalized spacial score (nSPS) is 29.2. The van der Waals surface area contributed by atoms with Crippen molar-refractivity contribution in [2.24, 2.45) is 5.73 Å². The highest BCUT2D eigenvalue weighted by molar-refractivity contribution is 7.91. The summed E-state index contributed by atoms with van der Waals surface area (Å²) in [7, 11) is -2.88. The fraction of sp³-hybridized carbons (Fsp3) is 0.538. The van der Waals surface area contributed by atoms with Crippen LogP contribution in [0.15, 0.2) is 18.2 Å². The first-order valence-electron chi connectivity index (χ1n) is 6.29. The maximum absolute atomic E-state index is 11.4. The first-order valence-corrected chi connectivity index (χ1v) is 8.11. The van der Waals surface area contributed by atoms with Gasteiger partial charge in [0.25, 0.3) is 0 Å². The van der Waals surface area contributed by atoms with Gasteiger partial charge in [-0.2, -0.15) is 0 Å². The average molecular weight is 267 g/mol. The predicted molar refractivity (Wildman–Crippen MR) is 69.4 cm³/mol. The van der Waals surface area contributed by atoms with Crippen molar-refractivity contribution in [3.05, 3.63) is 29.3 Å². The summed E-state index contributed by atoms with van der Waals surface area (Å²) in [6.07, 6.45) is 2.37. The molecule has 0 saturated carbocycles.